The third-order valence-electron chi connectivity index (χ3n) is 3.69. The minimum atomic E-state index is -2.71. The minimum Gasteiger partial charge on any atom is -0.206 e. The second-order valence-electron chi connectivity index (χ2n) is 4.66. The molecule has 0 saturated heterocycles. The maximum absolute atomic E-state index is 13.9. The lowest BCUT2D eigenvalue weighted by atomic mass is 9.74. The third kappa shape index (κ3) is 1.73. The van der Waals surface area contributed by atoms with Crippen molar-refractivity contribution < 1.29 is 8.78 Å². The van der Waals surface area contributed by atoms with Gasteiger partial charge in [0.05, 0.1) is 5.41 Å². The summed E-state index contributed by atoms with van der Waals surface area (Å²) in [4.78, 5) is 0. The van der Waals surface area contributed by atoms with Crippen LogP contribution in [-0.4, -0.2) is 5.92 Å². The summed E-state index contributed by atoms with van der Waals surface area (Å²) < 4.78 is 27.8. The zero-order valence-corrected chi connectivity index (χ0v) is 10.0. The van der Waals surface area contributed by atoms with Crippen molar-refractivity contribution in [3.05, 3.63) is 34.9 Å². The van der Waals surface area contributed by atoms with Crippen LogP contribution in [0.2, 0.25) is 5.02 Å². The molecule has 0 atom stereocenters. The van der Waals surface area contributed by atoms with E-state index in [2.05, 4.69) is 0 Å². The molecule has 0 aliphatic heterocycles. The summed E-state index contributed by atoms with van der Waals surface area (Å²) in [5.41, 5.74) is -0.438. The maximum Gasteiger partial charge on any atom is 0.254 e. The lowest BCUT2D eigenvalue weighted by molar-refractivity contribution is -0.0599. The van der Waals surface area contributed by atoms with Gasteiger partial charge < -0.3 is 0 Å². The number of alkyl halides is 2. The summed E-state index contributed by atoms with van der Waals surface area (Å²) in [6.07, 6.45) is 2.77. The fraction of sp³-hybridized carbons (Fsp3) is 0.538. The van der Waals surface area contributed by atoms with Gasteiger partial charge in [-0.25, -0.2) is 8.78 Å². The highest BCUT2D eigenvalue weighted by molar-refractivity contribution is 6.31. The first-order chi connectivity index (χ1) is 7.47. The van der Waals surface area contributed by atoms with Crippen molar-refractivity contribution >= 4 is 11.6 Å². The molecule has 1 aliphatic rings. The Labute approximate surface area is 99.6 Å². The van der Waals surface area contributed by atoms with E-state index >= 15 is 0 Å². The van der Waals surface area contributed by atoms with Crippen molar-refractivity contribution in [1.82, 2.24) is 0 Å². The zero-order valence-electron chi connectivity index (χ0n) is 9.27. The molecule has 16 heavy (non-hydrogen) atoms. The van der Waals surface area contributed by atoms with Crippen molar-refractivity contribution in [2.75, 3.05) is 0 Å². The van der Waals surface area contributed by atoms with E-state index in [0.29, 0.717) is 23.4 Å². The molecular formula is C13H15ClF2. The second-order valence-corrected chi connectivity index (χ2v) is 5.06. The van der Waals surface area contributed by atoms with E-state index in [1.807, 2.05) is 0 Å². The first kappa shape index (κ1) is 11.8. The molecule has 3 heteroatoms. The van der Waals surface area contributed by atoms with Gasteiger partial charge in [-0.1, -0.05) is 42.6 Å². The highest BCUT2D eigenvalue weighted by atomic mass is 35.5. The van der Waals surface area contributed by atoms with E-state index in [1.165, 1.54) is 0 Å². The van der Waals surface area contributed by atoms with Crippen LogP contribution in [0.5, 0.6) is 0 Å². The number of hydrogen-bond acceptors (Lipinski definition) is 0. The first-order valence-electron chi connectivity index (χ1n) is 5.60. The summed E-state index contributed by atoms with van der Waals surface area (Å²) in [7, 11) is 0. The molecule has 0 amide bonds. The van der Waals surface area contributed by atoms with Crippen LogP contribution >= 0.6 is 11.6 Å². The number of benzene rings is 1. The summed E-state index contributed by atoms with van der Waals surface area (Å²) >= 11 is 6.07. The molecular weight excluding hydrogens is 230 g/mol. The average molecular weight is 245 g/mol. The van der Waals surface area contributed by atoms with E-state index in [0.717, 1.165) is 19.8 Å². The van der Waals surface area contributed by atoms with E-state index in [1.54, 1.807) is 24.3 Å². The molecule has 88 valence electrons. The van der Waals surface area contributed by atoms with Gasteiger partial charge in [0.25, 0.3) is 5.92 Å². The zero-order chi connectivity index (χ0) is 11.8. The molecule has 0 nitrogen and oxygen atoms in total. The van der Waals surface area contributed by atoms with Crippen molar-refractivity contribution in [1.29, 1.82) is 0 Å². The van der Waals surface area contributed by atoms with Gasteiger partial charge in [-0.05, 0) is 24.5 Å². The lowest BCUT2D eigenvalue weighted by Gasteiger charge is -2.36. The Bertz CT molecular complexity index is 376. The molecule has 1 saturated carbocycles. The number of halogens is 3. The van der Waals surface area contributed by atoms with E-state index in [4.69, 9.17) is 11.6 Å². The van der Waals surface area contributed by atoms with Crippen LogP contribution in [0.25, 0.3) is 0 Å². The Kier molecular flexibility index (Phi) is 2.95. The van der Waals surface area contributed by atoms with Crippen molar-refractivity contribution in [2.24, 2.45) is 0 Å². The number of rotatable bonds is 2. The standard InChI is InChI=1S/C13H15ClF2/c1-12(15,16)13(8-4-5-9-13)10-6-2-3-7-11(10)14/h2-3,6-7H,4-5,8-9H2,1H3. The maximum atomic E-state index is 13.9. The molecule has 0 spiro atoms. The Morgan fingerprint density at radius 2 is 1.75 bits per heavy atom. The van der Waals surface area contributed by atoms with Crippen molar-refractivity contribution in [3.63, 3.8) is 0 Å². The SMILES string of the molecule is CC(F)(F)C1(c2ccccc2Cl)CCCC1. The van der Waals surface area contributed by atoms with Crippen molar-refractivity contribution in [2.45, 2.75) is 43.9 Å². The minimum absolute atomic E-state index is 0.464. The van der Waals surface area contributed by atoms with Crippen LogP contribution in [-0.2, 0) is 5.41 Å². The molecule has 1 aromatic rings. The second kappa shape index (κ2) is 3.99. The summed E-state index contributed by atoms with van der Waals surface area (Å²) in [5, 5.41) is 0.464. The molecule has 1 aromatic carbocycles. The Morgan fingerprint density at radius 3 is 2.25 bits per heavy atom. The predicted octanol–water partition coefficient (Wildman–Crippen LogP) is 4.81. The Hall–Kier alpha value is -0.630. The van der Waals surface area contributed by atoms with Gasteiger partial charge in [-0.3, -0.25) is 0 Å². The smallest absolute Gasteiger partial charge is 0.206 e. The van der Waals surface area contributed by atoms with E-state index < -0.39 is 11.3 Å². The third-order valence-corrected chi connectivity index (χ3v) is 4.02. The summed E-state index contributed by atoms with van der Waals surface area (Å²) in [6.45, 7) is 1.02. The first-order valence-corrected chi connectivity index (χ1v) is 5.98. The normalized spacial score (nSPS) is 20.0. The van der Waals surface area contributed by atoms with E-state index in [-0.39, 0.29) is 0 Å². The van der Waals surface area contributed by atoms with Crippen LogP contribution < -0.4 is 0 Å². The van der Waals surface area contributed by atoms with Crippen molar-refractivity contribution in [3.8, 4) is 0 Å². The largest absolute Gasteiger partial charge is 0.254 e. The molecule has 0 N–H and O–H groups in total. The Morgan fingerprint density at radius 1 is 1.19 bits per heavy atom. The molecule has 0 aromatic heterocycles. The molecule has 0 heterocycles. The van der Waals surface area contributed by atoms with Crippen LogP contribution in [0, 0.1) is 0 Å². The fourth-order valence-corrected chi connectivity index (χ4v) is 3.09. The molecule has 0 radical (unpaired) electrons. The topological polar surface area (TPSA) is 0 Å². The summed E-state index contributed by atoms with van der Waals surface area (Å²) in [5.74, 6) is -2.71. The molecule has 1 fully saturated rings. The van der Waals surface area contributed by atoms with Gasteiger partial charge in [0.1, 0.15) is 0 Å². The highest BCUT2D eigenvalue weighted by Crippen LogP contribution is 2.52. The van der Waals surface area contributed by atoms with Gasteiger partial charge in [0.2, 0.25) is 0 Å². The predicted molar refractivity (Wildman–Crippen MR) is 62.2 cm³/mol. The average Bonchev–Trinajstić information content (AvgIpc) is 2.67. The van der Waals surface area contributed by atoms with Crippen LogP contribution in [0.3, 0.4) is 0 Å². The molecule has 1 aliphatic carbocycles. The fourth-order valence-electron chi connectivity index (χ4n) is 2.77. The van der Waals surface area contributed by atoms with Gasteiger partial charge in [-0.15, -0.1) is 0 Å². The van der Waals surface area contributed by atoms with E-state index in [9.17, 15) is 8.78 Å². The van der Waals surface area contributed by atoms with Gasteiger partial charge in [0.15, 0.2) is 0 Å². The molecule has 0 unspecified atom stereocenters. The monoisotopic (exact) mass is 244 g/mol. The lowest BCUT2D eigenvalue weighted by Crippen LogP contribution is -2.41. The van der Waals surface area contributed by atoms with Crippen LogP contribution in [0.1, 0.15) is 38.2 Å². The van der Waals surface area contributed by atoms with Gasteiger partial charge >= 0.3 is 0 Å². The molecule has 0 bridgehead atoms. The summed E-state index contributed by atoms with van der Waals surface area (Å²) in [6, 6.07) is 7.00. The van der Waals surface area contributed by atoms with Crippen LogP contribution in [0.4, 0.5) is 8.78 Å². The van der Waals surface area contributed by atoms with Crippen LogP contribution in [0.15, 0.2) is 24.3 Å². The Balaban J connectivity index is 2.53. The highest BCUT2D eigenvalue weighted by Gasteiger charge is 2.53. The number of hydrogen-bond donors (Lipinski definition) is 0. The van der Waals surface area contributed by atoms with Gasteiger partial charge in [-0.2, -0.15) is 0 Å². The quantitative estimate of drug-likeness (QED) is 0.701. The van der Waals surface area contributed by atoms with Gasteiger partial charge in [0, 0.05) is 11.9 Å². The molecule has 2 rings (SSSR count).